The van der Waals surface area contributed by atoms with Crippen molar-refractivity contribution in [3.63, 3.8) is 0 Å². The second-order valence-electron chi connectivity index (χ2n) is 6.44. The number of rotatable bonds is 2. The normalized spacial score (nSPS) is 20.4. The molecule has 0 bridgehead atoms. The summed E-state index contributed by atoms with van der Waals surface area (Å²) in [6, 6.07) is 4.19. The second-order valence-corrected chi connectivity index (χ2v) is 11.2. The highest BCUT2D eigenvalue weighted by molar-refractivity contribution is 6.74. The van der Waals surface area contributed by atoms with Crippen molar-refractivity contribution in [3.05, 3.63) is 29.6 Å². The average molecular weight is 249 g/mol. The fourth-order valence-corrected chi connectivity index (χ4v) is 3.34. The minimum Gasteiger partial charge on any atom is -0.410 e. The van der Waals surface area contributed by atoms with Crippen LogP contribution in [0.2, 0.25) is 18.1 Å². The fraction of sp³-hybridized carbons (Fsp3) is 0.643. The third-order valence-corrected chi connectivity index (χ3v) is 8.64. The zero-order valence-electron chi connectivity index (χ0n) is 11.6. The summed E-state index contributed by atoms with van der Waals surface area (Å²) in [4.78, 5) is 4.44. The molecular weight excluding hydrogens is 226 g/mol. The number of aromatic nitrogens is 1. The Morgan fingerprint density at radius 3 is 2.71 bits per heavy atom. The first-order valence-electron chi connectivity index (χ1n) is 6.43. The summed E-state index contributed by atoms with van der Waals surface area (Å²) in [6.07, 6.45) is 4.32. The Balaban J connectivity index is 2.18. The minimum atomic E-state index is -1.67. The molecule has 1 aliphatic carbocycles. The third-order valence-electron chi connectivity index (χ3n) is 4.16. The molecule has 3 heteroatoms. The fourth-order valence-electron chi connectivity index (χ4n) is 2.03. The van der Waals surface area contributed by atoms with Gasteiger partial charge in [0, 0.05) is 17.5 Å². The molecule has 0 aromatic carbocycles. The van der Waals surface area contributed by atoms with Crippen LogP contribution in [0.5, 0.6) is 0 Å². The lowest BCUT2D eigenvalue weighted by atomic mass is 10.2. The Labute approximate surface area is 106 Å². The molecule has 0 saturated heterocycles. The van der Waals surface area contributed by atoms with E-state index >= 15 is 0 Å². The van der Waals surface area contributed by atoms with E-state index in [9.17, 15) is 0 Å². The largest absolute Gasteiger partial charge is 0.410 e. The van der Waals surface area contributed by atoms with E-state index < -0.39 is 8.32 Å². The third kappa shape index (κ3) is 2.45. The Morgan fingerprint density at radius 2 is 2.06 bits per heavy atom. The van der Waals surface area contributed by atoms with E-state index in [0.29, 0.717) is 0 Å². The van der Waals surface area contributed by atoms with Gasteiger partial charge in [-0.2, -0.15) is 0 Å². The predicted octanol–water partition coefficient (Wildman–Crippen LogP) is 4.09. The average Bonchev–Trinajstić information content (AvgIpc) is 2.60. The number of hydrogen-bond acceptors (Lipinski definition) is 2. The summed E-state index contributed by atoms with van der Waals surface area (Å²) in [5.41, 5.74) is 2.55. The summed E-state index contributed by atoms with van der Waals surface area (Å²) in [5, 5.41) is 0.276. The Morgan fingerprint density at radius 1 is 1.35 bits per heavy atom. The zero-order chi connectivity index (χ0) is 12.7. The lowest BCUT2D eigenvalue weighted by Gasteiger charge is -2.38. The highest BCUT2D eigenvalue weighted by Gasteiger charge is 2.40. The van der Waals surface area contributed by atoms with Crippen LogP contribution in [-0.4, -0.2) is 13.3 Å². The second kappa shape index (κ2) is 4.21. The quantitative estimate of drug-likeness (QED) is 0.736. The van der Waals surface area contributed by atoms with E-state index in [2.05, 4.69) is 44.9 Å². The molecule has 0 aliphatic heterocycles. The first kappa shape index (κ1) is 12.8. The SMILES string of the molecule is CC(C)(C)[Si](C)(C)OC1CCc2ncccc21. The van der Waals surface area contributed by atoms with Crippen molar-refractivity contribution in [3.8, 4) is 0 Å². The van der Waals surface area contributed by atoms with Crippen molar-refractivity contribution in [1.82, 2.24) is 4.98 Å². The van der Waals surface area contributed by atoms with Crippen molar-refractivity contribution in [2.75, 3.05) is 0 Å². The van der Waals surface area contributed by atoms with E-state index in [1.807, 2.05) is 12.3 Å². The van der Waals surface area contributed by atoms with Gasteiger partial charge in [-0.3, -0.25) is 4.98 Å². The molecule has 1 aliphatic rings. The van der Waals surface area contributed by atoms with Crippen LogP contribution in [0.1, 0.15) is 44.6 Å². The first-order valence-corrected chi connectivity index (χ1v) is 9.34. The number of pyridine rings is 1. The van der Waals surface area contributed by atoms with Crippen molar-refractivity contribution >= 4 is 8.32 Å². The van der Waals surface area contributed by atoms with E-state index in [4.69, 9.17) is 4.43 Å². The van der Waals surface area contributed by atoms with Gasteiger partial charge in [0.1, 0.15) is 0 Å². The number of nitrogens with zero attached hydrogens (tertiary/aromatic N) is 1. The maximum atomic E-state index is 6.49. The molecule has 0 amide bonds. The van der Waals surface area contributed by atoms with Crippen LogP contribution in [-0.2, 0) is 10.8 Å². The molecule has 2 rings (SSSR count). The summed E-state index contributed by atoms with van der Waals surface area (Å²) in [5.74, 6) is 0. The van der Waals surface area contributed by atoms with Gasteiger partial charge in [-0.05, 0) is 37.0 Å². The van der Waals surface area contributed by atoms with Crippen LogP contribution in [0.15, 0.2) is 18.3 Å². The van der Waals surface area contributed by atoms with Gasteiger partial charge in [-0.15, -0.1) is 0 Å². The topological polar surface area (TPSA) is 22.1 Å². The highest BCUT2D eigenvalue weighted by atomic mass is 28.4. The molecule has 17 heavy (non-hydrogen) atoms. The minimum absolute atomic E-state index is 0.276. The Bertz CT molecular complexity index is 409. The van der Waals surface area contributed by atoms with Crippen molar-refractivity contribution in [1.29, 1.82) is 0 Å². The van der Waals surface area contributed by atoms with Crippen LogP contribution in [0.4, 0.5) is 0 Å². The van der Waals surface area contributed by atoms with E-state index in [1.165, 1.54) is 11.3 Å². The lowest BCUT2D eigenvalue weighted by Crippen LogP contribution is -2.41. The Hall–Kier alpha value is -0.673. The summed E-state index contributed by atoms with van der Waals surface area (Å²) in [7, 11) is -1.67. The maximum absolute atomic E-state index is 6.49. The molecular formula is C14H23NOSi. The van der Waals surface area contributed by atoms with E-state index in [0.717, 1.165) is 12.8 Å². The standard InChI is InChI=1S/C14H23NOSi/c1-14(2,3)17(4,5)16-13-9-8-12-11(13)7-6-10-15-12/h6-7,10,13H,8-9H2,1-5H3. The van der Waals surface area contributed by atoms with Gasteiger partial charge in [0.25, 0.3) is 0 Å². The molecule has 0 saturated carbocycles. The van der Waals surface area contributed by atoms with Crippen LogP contribution in [0.3, 0.4) is 0 Å². The molecule has 94 valence electrons. The van der Waals surface area contributed by atoms with Gasteiger partial charge in [-0.1, -0.05) is 26.8 Å². The molecule has 0 N–H and O–H groups in total. The molecule has 1 atom stereocenters. The highest BCUT2D eigenvalue weighted by Crippen LogP contribution is 2.42. The monoisotopic (exact) mass is 249 g/mol. The van der Waals surface area contributed by atoms with Gasteiger partial charge in [-0.25, -0.2) is 0 Å². The first-order chi connectivity index (χ1) is 7.81. The summed E-state index contributed by atoms with van der Waals surface area (Å²) >= 11 is 0. The smallest absolute Gasteiger partial charge is 0.192 e. The van der Waals surface area contributed by atoms with Crippen LogP contribution >= 0.6 is 0 Å². The summed E-state index contributed by atoms with van der Waals surface area (Å²) < 4.78 is 6.49. The lowest BCUT2D eigenvalue weighted by molar-refractivity contribution is 0.185. The molecule has 1 unspecified atom stereocenters. The number of hydrogen-bond donors (Lipinski definition) is 0. The van der Waals surface area contributed by atoms with Crippen LogP contribution in [0, 0.1) is 0 Å². The van der Waals surface area contributed by atoms with Crippen LogP contribution < -0.4 is 0 Å². The van der Waals surface area contributed by atoms with Crippen LogP contribution in [0.25, 0.3) is 0 Å². The van der Waals surface area contributed by atoms with Crippen molar-refractivity contribution in [2.24, 2.45) is 0 Å². The van der Waals surface area contributed by atoms with Crippen molar-refractivity contribution in [2.45, 2.75) is 57.8 Å². The van der Waals surface area contributed by atoms with E-state index in [1.54, 1.807) is 0 Å². The molecule has 1 aromatic rings. The molecule has 0 spiro atoms. The van der Waals surface area contributed by atoms with Gasteiger partial charge in [0.05, 0.1) is 6.10 Å². The van der Waals surface area contributed by atoms with E-state index in [-0.39, 0.29) is 11.1 Å². The molecule has 1 heterocycles. The molecule has 2 nitrogen and oxygen atoms in total. The van der Waals surface area contributed by atoms with Crippen molar-refractivity contribution < 1.29 is 4.43 Å². The molecule has 0 fully saturated rings. The molecule has 1 aromatic heterocycles. The molecule has 0 radical (unpaired) electrons. The summed E-state index contributed by atoms with van der Waals surface area (Å²) in [6.45, 7) is 11.5. The predicted molar refractivity (Wildman–Crippen MR) is 73.6 cm³/mol. The number of aryl methyl sites for hydroxylation is 1. The number of fused-ring (bicyclic) bond motifs is 1. The Kier molecular flexibility index (Phi) is 3.17. The van der Waals surface area contributed by atoms with Gasteiger partial charge >= 0.3 is 0 Å². The van der Waals surface area contributed by atoms with Gasteiger partial charge in [0.15, 0.2) is 8.32 Å². The zero-order valence-corrected chi connectivity index (χ0v) is 12.6. The van der Waals surface area contributed by atoms with Gasteiger partial charge < -0.3 is 4.43 Å². The maximum Gasteiger partial charge on any atom is 0.192 e. The van der Waals surface area contributed by atoms with Gasteiger partial charge in [0.2, 0.25) is 0 Å².